The number of nitrogens with zero attached hydrogens (tertiary/aromatic N) is 1. The first-order chi connectivity index (χ1) is 10.9. The molecule has 0 saturated carbocycles. The molecule has 0 spiro atoms. The minimum absolute atomic E-state index is 0.0209. The highest BCUT2D eigenvalue weighted by atomic mass is 32.1. The van der Waals surface area contributed by atoms with Gasteiger partial charge in [0.2, 0.25) is 5.91 Å². The number of piperidine rings is 1. The summed E-state index contributed by atoms with van der Waals surface area (Å²) in [6, 6.07) is 4.51. The lowest BCUT2D eigenvalue weighted by Crippen LogP contribution is -2.47. The number of nitrogens with one attached hydrogen (secondary N) is 1. The third kappa shape index (κ3) is 5.30. The Morgan fingerprint density at radius 1 is 1.48 bits per heavy atom. The minimum atomic E-state index is -0.0209. The van der Waals surface area contributed by atoms with Crippen LogP contribution in [0.5, 0.6) is 0 Å². The van der Waals surface area contributed by atoms with Crippen molar-refractivity contribution in [3.8, 4) is 0 Å². The van der Waals surface area contributed by atoms with E-state index >= 15 is 0 Å². The van der Waals surface area contributed by atoms with Crippen molar-refractivity contribution in [2.24, 2.45) is 5.41 Å². The molecule has 0 bridgehead atoms. The van der Waals surface area contributed by atoms with Crippen LogP contribution in [0.1, 0.15) is 57.4 Å². The van der Waals surface area contributed by atoms with Gasteiger partial charge < -0.3 is 10.4 Å². The molecule has 2 N–H and O–H groups in total. The predicted octanol–water partition coefficient (Wildman–Crippen LogP) is 3.19. The molecule has 5 heteroatoms. The van der Waals surface area contributed by atoms with Crippen LogP contribution >= 0.6 is 11.3 Å². The van der Waals surface area contributed by atoms with Gasteiger partial charge in [0.1, 0.15) is 0 Å². The van der Waals surface area contributed by atoms with Crippen molar-refractivity contribution in [1.29, 1.82) is 0 Å². The van der Waals surface area contributed by atoms with Crippen LogP contribution in [-0.2, 0) is 4.79 Å². The van der Waals surface area contributed by atoms with E-state index in [9.17, 15) is 9.90 Å². The van der Waals surface area contributed by atoms with Crippen LogP contribution in [0.4, 0.5) is 0 Å². The second-order valence-corrected chi connectivity index (χ2v) is 8.49. The Labute approximate surface area is 143 Å². The summed E-state index contributed by atoms with van der Waals surface area (Å²) in [4.78, 5) is 16.0. The fraction of sp³-hybridized carbons (Fsp3) is 0.722. The third-order valence-corrected chi connectivity index (χ3v) is 5.49. The summed E-state index contributed by atoms with van der Waals surface area (Å²) in [7, 11) is 0. The number of rotatable bonds is 6. The van der Waals surface area contributed by atoms with Gasteiger partial charge in [-0.3, -0.25) is 9.69 Å². The maximum Gasteiger partial charge on any atom is 0.234 e. The fourth-order valence-electron chi connectivity index (χ4n) is 3.31. The molecule has 1 aromatic heterocycles. The van der Waals surface area contributed by atoms with Crippen molar-refractivity contribution >= 4 is 17.2 Å². The van der Waals surface area contributed by atoms with Gasteiger partial charge >= 0.3 is 0 Å². The standard InChI is InChI=1S/C18H30N2O2S/c1-18(2,3)17(15-8-6-12-23-15)19-16(22)13-20-10-5-4-7-14(20)9-11-21/h6,8,12,14,17,21H,4-5,7,9-11,13H2,1-3H3,(H,19,22). The molecule has 23 heavy (non-hydrogen) atoms. The molecule has 1 saturated heterocycles. The molecule has 1 amide bonds. The Morgan fingerprint density at radius 2 is 2.26 bits per heavy atom. The largest absolute Gasteiger partial charge is 0.396 e. The van der Waals surface area contributed by atoms with Gasteiger partial charge in [-0.1, -0.05) is 33.3 Å². The molecular weight excluding hydrogens is 308 g/mol. The zero-order chi connectivity index (χ0) is 16.9. The van der Waals surface area contributed by atoms with Gasteiger partial charge in [0.05, 0.1) is 12.6 Å². The Hall–Kier alpha value is -0.910. The van der Waals surface area contributed by atoms with Crippen molar-refractivity contribution in [3.63, 3.8) is 0 Å². The highest BCUT2D eigenvalue weighted by molar-refractivity contribution is 7.10. The van der Waals surface area contributed by atoms with E-state index in [1.807, 2.05) is 6.07 Å². The van der Waals surface area contributed by atoms with Crippen molar-refractivity contribution in [3.05, 3.63) is 22.4 Å². The number of thiophene rings is 1. The molecule has 130 valence electrons. The Morgan fingerprint density at radius 3 is 2.87 bits per heavy atom. The van der Waals surface area contributed by atoms with E-state index in [1.54, 1.807) is 11.3 Å². The number of carbonyl (C=O) groups excluding carboxylic acids is 1. The summed E-state index contributed by atoms with van der Waals surface area (Å²) in [5.74, 6) is 0.0863. The molecule has 1 aromatic rings. The molecule has 2 atom stereocenters. The topological polar surface area (TPSA) is 52.6 Å². The molecule has 0 aliphatic carbocycles. The lowest BCUT2D eigenvalue weighted by Gasteiger charge is -2.36. The first-order valence-corrected chi connectivity index (χ1v) is 9.47. The molecule has 0 radical (unpaired) electrons. The third-order valence-electron chi connectivity index (χ3n) is 4.56. The SMILES string of the molecule is CC(C)(C)C(NC(=O)CN1CCCCC1CCO)c1cccs1. The number of hydrogen-bond acceptors (Lipinski definition) is 4. The first kappa shape index (κ1) is 18.4. The zero-order valence-electron chi connectivity index (χ0n) is 14.5. The molecule has 2 heterocycles. The van der Waals surface area contributed by atoms with Gasteiger partial charge in [0.15, 0.2) is 0 Å². The minimum Gasteiger partial charge on any atom is -0.396 e. The van der Waals surface area contributed by atoms with E-state index < -0.39 is 0 Å². The Kier molecular flexibility index (Phi) is 6.62. The van der Waals surface area contributed by atoms with Crippen LogP contribution in [0.25, 0.3) is 0 Å². The number of aliphatic hydroxyl groups excluding tert-OH is 1. The van der Waals surface area contributed by atoms with E-state index in [0.29, 0.717) is 12.6 Å². The van der Waals surface area contributed by atoms with Gasteiger partial charge in [-0.25, -0.2) is 0 Å². The van der Waals surface area contributed by atoms with E-state index in [4.69, 9.17) is 0 Å². The lowest BCUT2D eigenvalue weighted by molar-refractivity contribution is -0.124. The summed E-state index contributed by atoms with van der Waals surface area (Å²) in [6.45, 7) is 8.07. The normalized spacial score (nSPS) is 21.1. The molecule has 4 nitrogen and oxygen atoms in total. The van der Waals surface area contributed by atoms with Crippen LogP contribution in [-0.4, -0.2) is 41.7 Å². The average molecular weight is 339 g/mol. The van der Waals surface area contributed by atoms with Crippen molar-refractivity contribution < 1.29 is 9.90 Å². The second kappa shape index (κ2) is 8.27. The zero-order valence-corrected chi connectivity index (χ0v) is 15.4. The van der Waals surface area contributed by atoms with E-state index in [2.05, 4.69) is 42.4 Å². The summed E-state index contributed by atoms with van der Waals surface area (Å²) in [5, 5.41) is 14.5. The summed E-state index contributed by atoms with van der Waals surface area (Å²) >= 11 is 1.69. The van der Waals surface area contributed by atoms with Crippen LogP contribution in [0.15, 0.2) is 17.5 Å². The summed E-state index contributed by atoms with van der Waals surface area (Å²) < 4.78 is 0. The first-order valence-electron chi connectivity index (χ1n) is 8.59. The highest BCUT2D eigenvalue weighted by Crippen LogP contribution is 2.35. The van der Waals surface area contributed by atoms with Gasteiger partial charge in [0, 0.05) is 17.5 Å². The number of carbonyl (C=O) groups is 1. The maximum absolute atomic E-state index is 12.6. The Bertz CT molecular complexity index is 480. The van der Waals surface area contributed by atoms with Gasteiger partial charge in [-0.05, 0) is 42.7 Å². The van der Waals surface area contributed by atoms with Crippen LogP contribution in [0.2, 0.25) is 0 Å². The van der Waals surface area contributed by atoms with Gasteiger partial charge in [-0.2, -0.15) is 0 Å². The Balaban J connectivity index is 1.98. The van der Waals surface area contributed by atoms with Crippen LogP contribution < -0.4 is 5.32 Å². The molecular formula is C18H30N2O2S. The number of amides is 1. The summed E-state index contributed by atoms with van der Waals surface area (Å²) in [6.07, 6.45) is 4.19. The van der Waals surface area contributed by atoms with Gasteiger partial charge in [-0.15, -0.1) is 11.3 Å². The quantitative estimate of drug-likeness (QED) is 0.837. The molecule has 2 unspecified atom stereocenters. The van der Waals surface area contributed by atoms with E-state index in [-0.39, 0.29) is 24.0 Å². The smallest absolute Gasteiger partial charge is 0.234 e. The maximum atomic E-state index is 12.6. The molecule has 1 aliphatic rings. The molecule has 1 fully saturated rings. The monoisotopic (exact) mass is 338 g/mol. The lowest BCUT2D eigenvalue weighted by atomic mass is 9.85. The number of likely N-dealkylation sites (tertiary alicyclic amines) is 1. The van der Waals surface area contributed by atoms with Crippen molar-refractivity contribution in [2.75, 3.05) is 19.7 Å². The van der Waals surface area contributed by atoms with Crippen LogP contribution in [0, 0.1) is 5.41 Å². The predicted molar refractivity (Wildman–Crippen MR) is 95.6 cm³/mol. The van der Waals surface area contributed by atoms with Crippen molar-refractivity contribution in [2.45, 2.75) is 58.5 Å². The van der Waals surface area contributed by atoms with Gasteiger partial charge in [0.25, 0.3) is 0 Å². The van der Waals surface area contributed by atoms with E-state index in [0.717, 1.165) is 25.8 Å². The molecule has 1 aliphatic heterocycles. The second-order valence-electron chi connectivity index (χ2n) is 7.51. The van der Waals surface area contributed by atoms with Crippen molar-refractivity contribution in [1.82, 2.24) is 10.2 Å². The summed E-state index contributed by atoms with van der Waals surface area (Å²) in [5.41, 5.74) is -0.0209. The highest BCUT2D eigenvalue weighted by Gasteiger charge is 2.30. The average Bonchev–Trinajstić information content (AvgIpc) is 3.00. The van der Waals surface area contributed by atoms with Crippen LogP contribution in [0.3, 0.4) is 0 Å². The fourth-order valence-corrected chi connectivity index (χ4v) is 4.33. The molecule has 0 aromatic carbocycles. The number of aliphatic hydroxyl groups is 1. The molecule has 2 rings (SSSR count). The van der Waals surface area contributed by atoms with E-state index in [1.165, 1.54) is 11.3 Å². The number of hydrogen-bond donors (Lipinski definition) is 2.